The molecule has 4 nitrogen and oxygen atoms in total. The van der Waals surface area contributed by atoms with E-state index in [0.29, 0.717) is 6.54 Å². The number of H-pyrrole nitrogens is 1. The van der Waals surface area contributed by atoms with Crippen molar-refractivity contribution in [3.63, 3.8) is 0 Å². The van der Waals surface area contributed by atoms with Gasteiger partial charge < -0.3 is 15.6 Å². The smallest absolute Gasteiger partial charge is 0.273 e. The van der Waals surface area contributed by atoms with Crippen LogP contribution in [0, 0.1) is 0 Å². The van der Waals surface area contributed by atoms with Gasteiger partial charge in [-0.1, -0.05) is 12.2 Å². The Labute approximate surface area is 83.0 Å². The monoisotopic (exact) mass is 193 g/mol. The van der Waals surface area contributed by atoms with Crippen molar-refractivity contribution in [3.8, 4) is 0 Å². The number of rotatable bonds is 3. The van der Waals surface area contributed by atoms with Gasteiger partial charge in [-0.15, -0.1) is 0 Å². The van der Waals surface area contributed by atoms with Crippen LogP contribution in [0.15, 0.2) is 29.2 Å². The van der Waals surface area contributed by atoms with Crippen LogP contribution < -0.4 is 16.2 Å². The molecule has 4 heteroatoms. The maximum Gasteiger partial charge on any atom is 0.273 e. The number of nitrogens with one attached hydrogen (secondary N) is 1. The van der Waals surface area contributed by atoms with Crippen molar-refractivity contribution >= 4 is 11.4 Å². The molecule has 0 fully saturated rings. The molecule has 14 heavy (non-hydrogen) atoms. The molecule has 1 aromatic rings. The molecule has 0 amide bonds. The first-order valence-electron chi connectivity index (χ1n) is 4.35. The normalized spacial score (nSPS) is 9.86. The zero-order valence-electron chi connectivity index (χ0n) is 8.50. The van der Waals surface area contributed by atoms with E-state index in [1.165, 1.54) is 0 Å². The van der Waals surface area contributed by atoms with E-state index in [9.17, 15) is 4.79 Å². The molecule has 0 unspecified atom stereocenters. The van der Waals surface area contributed by atoms with Crippen LogP contribution in [0.5, 0.6) is 0 Å². The van der Waals surface area contributed by atoms with E-state index in [0.717, 1.165) is 11.3 Å². The standard InChI is InChI=1S/C10H15N3O/c1-7(2)6-13(3)8-4-5-12-10(14)9(8)11/h4-5H,1,6,11H2,2-3H3,(H,12,14). The Bertz CT molecular complexity index is 395. The Morgan fingerprint density at radius 1 is 1.71 bits per heavy atom. The van der Waals surface area contributed by atoms with Crippen molar-refractivity contribution in [2.75, 3.05) is 24.2 Å². The molecule has 0 atom stereocenters. The van der Waals surface area contributed by atoms with E-state index in [1.807, 2.05) is 18.9 Å². The summed E-state index contributed by atoms with van der Waals surface area (Å²) in [6, 6.07) is 1.78. The van der Waals surface area contributed by atoms with Crippen molar-refractivity contribution in [1.82, 2.24) is 4.98 Å². The average Bonchev–Trinajstić information content (AvgIpc) is 2.08. The summed E-state index contributed by atoms with van der Waals surface area (Å²) >= 11 is 0. The molecule has 0 bridgehead atoms. The van der Waals surface area contributed by atoms with Gasteiger partial charge in [0.05, 0.1) is 5.69 Å². The van der Waals surface area contributed by atoms with Gasteiger partial charge in [0.1, 0.15) is 5.69 Å². The predicted molar refractivity (Wildman–Crippen MR) is 59.6 cm³/mol. The molecule has 0 saturated carbocycles. The molecule has 0 aliphatic carbocycles. The van der Waals surface area contributed by atoms with Gasteiger partial charge in [-0.2, -0.15) is 0 Å². The molecule has 76 valence electrons. The van der Waals surface area contributed by atoms with Crippen LogP contribution in [0.25, 0.3) is 0 Å². The highest BCUT2D eigenvalue weighted by Gasteiger charge is 2.06. The number of anilines is 2. The number of nitrogen functional groups attached to an aromatic ring is 1. The number of hydrogen-bond acceptors (Lipinski definition) is 3. The number of nitrogens with zero attached hydrogens (tertiary/aromatic N) is 1. The van der Waals surface area contributed by atoms with Crippen LogP contribution in [-0.2, 0) is 0 Å². The molecular weight excluding hydrogens is 178 g/mol. The van der Waals surface area contributed by atoms with Crippen molar-refractivity contribution in [1.29, 1.82) is 0 Å². The molecular formula is C10H15N3O. The average molecular weight is 193 g/mol. The number of likely N-dealkylation sites (N-methyl/N-ethyl adjacent to an activating group) is 1. The van der Waals surface area contributed by atoms with Gasteiger partial charge in [-0.3, -0.25) is 4.79 Å². The second-order valence-electron chi connectivity index (χ2n) is 3.42. The largest absolute Gasteiger partial charge is 0.393 e. The molecule has 0 radical (unpaired) electrons. The van der Waals surface area contributed by atoms with E-state index in [4.69, 9.17) is 5.73 Å². The van der Waals surface area contributed by atoms with Crippen molar-refractivity contribution in [2.45, 2.75) is 6.92 Å². The summed E-state index contributed by atoms with van der Waals surface area (Å²) in [5.74, 6) is 0. The van der Waals surface area contributed by atoms with Crippen LogP contribution in [0.3, 0.4) is 0 Å². The van der Waals surface area contributed by atoms with Gasteiger partial charge in [0.15, 0.2) is 0 Å². The third kappa shape index (κ3) is 2.16. The number of nitrogens with two attached hydrogens (primary N) is 1. The molecule has 3 N–H and O–H groups in total. The number of hydrogen-bond donors (Lipinski definition) is 2. The highest BCUT2D eigenvalue weighted by Crippen LogP contribution is 2.17. The summed E-state index contributed by atoms with van der Waals surface area (Å²) in [5, 5.41) is 0. The lowest BCUT2D eigenvalue weighted by atomic mass is 10.2. The molecule has 1 rings (SSSR count). The summed E-state index contributed by atoms with van der Waals surface area (Å²) in [7, 11) is 1.87. The molecule has 0 aliphatic heterocycles. The van der Waals surface area contributed by atoms with E-state index >= 15 is 0 Å². The zero-order chi connectivity index (χ0) is 10.7. The Morgan fingerprint density at radius 3 is 2.93 bits per heavy atom. The van der Waals surface area contributed by atoms with E-state index < -0.39 is 0 Å². The van der Waals surface area contributed by atoms with Crippen LogP contribution >= 0.6 is 0 Å². The Kier molecular flexibility index (Phi) is 2.96. The topological polar surface area (TPSA) is 62.1 Å². The van der Waals surface area contributed by atoms with Gasteiger partial charge in [0.2, 0.25) is 0 Å². The molecule has 1 aromatic heterocycles. The molecule has 0 aliphatic rings. The minimum atomic E-state index is -0.254. The SMILES string of the molecule is C=C(C)CN(C)c1cc[nH]c(=O)c1N. The first-order valence-corrected chi connectivity index (χ1v) is 4.35. The first kappa shape index (κ1) is 10.4. The summed E-state index contributed by atoms with van der Waals surface area (Å²) in [4.78, 5) is 15.6. The molecule has 1 heterocycles. The van der Waals surface area contributed by atoms with Crippen LogP contribution in [0.2, 0.25) is 0 Å². The highest BCUT2D eigenvalue weighted by molar-refractivity contribution is 5.65. The lowest BCUT2D eigenvalue weighted by Crippen LogP contribution is -2.23. The van der Waals surface area contributed by atoms with Crippen LogP contribution in [0.1, 0.15) is 6.92 Å². The lowest BCUT2D eigenvalue weighted by molar-refractivity contribution is 0.981. The van der Waals surface area contributed by atoms with Gasteiger partial charge in [0, 0.05) is 19.8 Å². The minimum absolute atomic E-state index is 0.247. The molecule has 0 saturated heterocycles. The van der Waals surface area contributed by atoms with Crippen LogP contribution in [0.4, 0.5) is 11.4 Å². The minimum Gasteiger partial charge on any atom is -0.393 e. The van der Waals surface area contributed by atoms with Gasteiger partial charge in [-0.05, 0) is 13.0 Å². The van der Waals surface area contributed by atoms with E-state index in [-0.39, 0.29) is 11.2 Å². The van der Waals surface area contributed by atoms with Gasteiger partial charge in [-0.25, -0.2) is 0 Å². The Morgan fingerprint density at radius 2 is 2.36 bits per heavy atom. The maximum atomic E-state index is 11.2. The van der Waals surface area contributed by atoms with Crippen LogP contribution in [-0.4, -0.2) is 18.6 Å². The van der Waals surface area contributed by atoms with Gasteiger partial charge >= 0.3 is 0 Å². The fourth-order valence-corrected chi connectivity index (χ4v) is 1.30. The third-order valence-corrected chi connectivity index (χ3v) is 1.89. The fourth-order valence-electron chi connectivity index (χ4n) is 1.30. The summed E-state index contributed by atoms with van der Waals surface area (Å²) in [5.41, 5.74) is 7.39. The Hall–Kier alpha value is -1.71. The van der Waals surface area contributed by atoms with E-state index in [2.05, 4.69) is 11.6 Å². The number of pyridine rings is 1. The Balaban J connectivity index is 3.01. The summed E-state index contributed by atoms with van der Waals surface area (Å²) < 4.78 is 0. The fraction of sp³-hybridized carbons (Fsp3) is 0.300. The second kappa shape index (κ2) is 4.00. The molecule has 0 aromatic carbocycles. The maximum absolute atomic E-state index is 11.2. The first-order chi connectivity index (χ1) is 6.52. The van der Waals surface area contributed by atoms with Crippen molar-refractivity contribution in [3.05, 3.63) is 34.8 Å². The number of aromatic amines is 1. The van der Waals surface area contributed by atoms with E-state index in [1.54, 1.807) is 12.3 Å². The van der Waals surface area contributed by atoms with Crippen molar-refractivity contribution < 1.29 is 0 Å². The summed E-state index contributed by atoms with van der Waals surface area (Å²) in [6.07, 6.45) is 1.59. The predicted octanol–water partition coefficient (Wildman–Crippen LogP) is 0.969. The third-order valence-electron chi connectivity index (χ3n) is 1.89. The molecule has 0 spiro atoms. The second-order valence-corrected chi connectivity index (χ2v) is 3.42. The lowest BCUT2D eigenvalue weighted by Gasteiger charge is -2.20. The number of aromatic nitrogens is 1. The highest BCUT2D eigenvalue weighted by atomic mass is 16.1. The van der Waals surface area contributed by atoms with Gasteiger partial charge in [0.25, 0.3) is 5.56 Å². The summed E-state index contributed by atoms with van der Waals surface area (Å²) in [6.45, 7) is 6.42. The quantitative estimate of drug-likeness (QED) is 0.703. The van der Waals surface area contributed by atoms with Crippen molar-refractivity contribution in [2.24, 2.45) is 0 Å². The zero-order valence-corrected chi connectivity index (χ0v) is 8.50.